The molecule has 0 unspecified atom stereocenters. The molecule has 0 spiro atoms. The van der Waals surface area contributed by atoms with Gasteiger partial charge in [0.25, 0.3) is 0 Å². The highest BCUT2D eigenvalue weighted by molar-refractivity contribution is 4.74. The predicted octanol–water partition coefficient (Wildman–Crippen LogP) is 5.00. The highest BCUT2D eigenvalue weighted by Gasteiger charge is 2.18. The molecule has 1 aliphatic rings. The third kappa shape index (κ3) is 7.08. The molecule has 0 aromatic rings. The summed E-state index contributed by atoms with van der Waals surface area (Å²) in [5.41, 5.74) is 0. The Balaban J connectivity index is 1.83. The Morgan fingerprint density at radius 3 is 1.94 bits per heavy atom. The van der Waals surface area contributed by atoms with Crippen LogP contribution < -0.4 is 0 Å². The average molecular weight is 239 g/mol. The summed E-state index contributed by atoms with van der Waals surface area (Å²) in [6, 6.07) is 0.916. The maximum absolute atomic E-state index is 2.62. The van der Waals surface area contributed by atoms with E-state index in [1.165, 1.54) is 83.6 Å². The minimum atomic E-state index is 0.916. The van der Waals surface area contributed by atoms with Crippen LogP contribution in [0.25, 0.3) is 0 Å². The first-order chi connectivity index (χ1) is 8.34. The summed E-state index contributed by atoms with van der Waals surface area (Å²) in [6.07, 6.45) is 17.3. The Morgan fingerprint density at radius 2 is 1.35 bits per heavy atom. The van der Waals surface area contributed by atoms with Gasteiger partial charge in [0.2, 0.25) is 0 Å². The molecule has 0 amide bonds. The van der Waals surface area contributed by atoms with Crippen LogP contribution in [-0.2, 0) is 0 Å². The van der Waals surface area contributed by atoms with E-state index in [-0.39, 0.29) is 0 Å². The number of nitrogens with zero attached hydrogens (tertiary/aromatic N) is 1. The molecule has 0 atom stereocenters. The normalized spacial score (nSPS) is 17.1. The molecule has 0 aromatic carbocycles. The Morgan fingerprint density at radius 1 is 0.824 bits per heavy atom. The summed E-state index contributed by atoms with van der Waals surface area (Å²) in [5.74, 6) is 0. The van der Waals surface area contributed by atoms with Crippen LogP contribution in [0.3, 0.4) is 0 Å². The maximum Gasteiger partial charge on any atom is 0.00922 e. The average Bonchev–Trinajstić information content (AvgIpc) is 2.86. The molecule has 0 radical (unpaired) electrons. The van der Waals surface area contributed by atoms with Crippen molar-refractivity contribution in [3.05, 3.63) is 0 Å². The molecule has 1 aliphatic carbocycles. The fourth-order valence-electron chi connectivity index (χ4n) is 3.02. The number of hydrogen-bond acceptors (Lipinski definition) is 1. The van der Waals surface area contributed by atoms with E-state index >= 15 is 0 Å². The van der Waals surface area contributed by atoms with Crippen LogP contribution in [0.4, 0.5) is 0 Å². The van der Waals surface area contributed by atoms with Crippen LogP contribution in [0, 0.1) is 0 Å². The second kappa shape index (κ2) is 9.94. The summed E-state index contributed by atoms with van der Waals surface area (Å²) in [7, 11) is 2.33. The SMILES string of the molecule is CCCCCCCCCCN(C)C1CCCC1. The molecule has 0 aromatic heterocycles. The highest BCUT2D eigenvalue weighted by atomic mass is 15.1. The van der Waals surface area contributed by atoms with E-state index in [1.807, 2.05) is 0 Å². The number of unbranched alkanes of at least 4 members (excludes halogenated alkanes) is 7. The third-order valence-electron chi connectivity index (χ3n) is 4.31. The molecule has 102 valence electrons. The zero-order chi connectivity index (χ0) is 12.3. The molecule has 0 saturated heterocycles. The van der Waals surface area contributed by atoms with Gasteiger partial charge in [-0.05, 0) is 32.9 Å². The van der Waals surface area contributed by atoms with Gasteiger partial charge in [0.15, 0.2) is 0 Å². The first-order valence-corrected chi connectivity index (χ1v) is 8.05. The summed E-state index contributed by atoms with van der Waals surface area (Å²) in [6.45, 7) is 3.62. The van der Waals surface area contributed by atoms with E-state index in [1.54, 1.807) is 0 Å². The van der Waals surface area contributed by atoms with Crippen molar-refractivity contribution in [2.75, 3.05) is 13.6 Å². The molecule has 1 rings (SSSR count). The largest absolute Gasteiger partial charge is 0.303 e. The summed E-state index contributed by atoms with van der Waals surface area (Å²) < 4.78 is 0. The second-order valence-electron chi connectivity index (χ2n) is 5.89. The third-order valence-corrected chi connectivity index (χ3v) is 4.31. The quantitative estimate of drug-likeness (QED) is 0.485. The molecule has 1 nitrogen and oxygen atoms in total. The Bertz CT molecular complexity index is 161. The minimum absolute atomic E-state index is 0.916. The lowest BCUT2D eigenvalue weighted by molar-refractivity contribution is 0.240. The lowest BCUT2D eigenvalue weighted by Crippen LogP contribution is -2.29. The fourth-order valence-corrected chi connectivity index (χ4v) is 3.02. The van der Waals surface area contributed by atoms with Crippen molar-refractivity contribution in [1.29, 1.82) is 0 Å². The van der Waals surface area contributed by atoms with Crippen molar-refractivity contribution < 1.29 is 0 Å². The Kier molecular flexibility index (Phi) is 8.78. The van der Waals surface area contributed by atoms with Crippen molar-refractivity contribution in [1.82, 2.24) is 4.90 Å². The molecule has 0 heterocycles. The molecule has 1 heteroatoms. The maximum atomic E-state index is 2.62. The van der Waals surface area contributed by atoms with Crippen molar-refractivity contribution in [3.8, 4) is 0 Å². The van der Waals surface area contributed by atoms with Gasteiger partial charge in [-0.2, -0.15) is 0 Å². The van der Waals surface area contributed by atoms with Crippen molar-refractivity contribution in [2.24, 2.45) is 0 Å². The fraction of sp³-hybridized carbons (Fsp3) is 1.00. The van der Waals surface area contributed by atoms with Crippen LogP contribution in [0.15, 0.2) is 0 Å². The van der Waals surface area contributed by atoms with Crippen LogP contribution in [0.2, 0.25) is 0 Å². The smallest absolute Gasteiger partial charge is 0.00922 e. The molecule has 1 fully saturated rings. The van der Waals surface area contributed by atoms with E-state index in [0.717, 1.165) is 6.04 Å². The van der Waals surface area contributed by atoms with Crippen LogP contribution in [-0.4, -0.2) is 24.5 Å². The molecule has 17 heavy (non-hydrogen) atoms. The van der Waals surface area contributed by atoms with Gasteiger partial charge in [-0.1, -0.05) is 64.7 Å². The van der Waals surface area contributed by atoms with Gasteiger partial charge >= 0.3 is 0 Å². The van der Waals surface area contributed by atoms with E-state index in [2.05, 4.69) is 18.9 Å². The van der Waals surface area contributed by atoms with Crippen molar-refractivity contribution in [3.63, 3.8) is 0 Å². The van der Waals surface area contributed by atoms with Gasteiger partial charge in [-0.3, -0.25) is 0 Å². The Labute approximate surface area is 109 Å². The minimum Gasteiger partial charge on any atom is -0.303 e. The van der Waals surface area contributed by atoms with Crippen LogP contribution in [0.5, 0.6) is 0 Å². The molecular formula is C16H33N. The molecule has 1 saturated carbocycles. The zero-order valence-corrected chi connectivity index (χ0v) is 12.2. The second-order valence-corrected chi connectivity index (χ2v) is 5.89. The van der Waals surface area contributed by atoms with Gasteiger partial charge in [0.1, 0.15) is 0 Å². The van der Waals surface area contributed by atoms with Gasteiger partial charge in [0, 0.05) is 6.04 Å². The summed E-state index contributed by atoms with van der Waals surface area (Å²) >= 11 is 0. The van der Waals surface area contributed by atoms with Crippen molar-refractivity contribution >= 4 is 0 Å². The summed E-state index contributed by atoms with van der Waals surface area (Å²) in [5, 5.41) is 0. The van der Waals surface area contributed by atoms with Crippen LogP contribution >= 0.6 is 0 Å². The van der Waals surface area contributed by atoms with Gasteiger partial charge in [-0.25, -0.2) is 0 Å². The van der Waals surface area contributed by atoms with Gasteiger partial charge in [-0.15, -0.1) is 0 Å². The van der Waals surface area contributed by atoms with Gasteiger partial charge in [0.05, 0.1) is 0 Å². The van der Waals surface area contributed by atoms with E-state index in [0.29, 0.717) is 0 Å². The van der Waals surface area contributed by atoms with Crippen molar-refractivity contribution in [2.45, 2.75) is 90.0 Å². The molecule has 0 aliphatic heterocycles. The lowest BCUT2D eigenvalue weighted by atomic mass is 10.1. The van der Waals surface area contributed by atoms with E-state index in [9.17, 15) is 0 Å². The zero-order valence-electron chi connectivity index (χ0n) is 12.2. The highest BCUT2D eigenvalue weighted by Crippen LogP contribution is 2.22. The topological polar surface area (TPSA) is 3.24 Å². The molecular weight excluding hydrogens is 206 g/mol. The summed E-state index contributed by atoms with van der Waals surface area (Å²) in [4.78, 5) is 2.62. The number of hydrogen-bond donors (Lipinski definition) is 0. The van der Waals surface area contributed by atoms with E-state index < -0.39 is 0 Å². The number of rotatable bonds is 10. The first kappa shape index (κ1) is 15.0. The van der Waals surface area contributed by atoms with Gasteiger partial charge < -0.3 is 4.90 Å². The first-order valence-electron chi connectivity index (χ1n) is 8.05. The van der Waals surface area contributed by atoms with E-state index in [4.69, 9.17) is 0 Å². The standard InChI is InChI=1S/C16H33N/c1-3-4-5-6-7-8-9-12-15-17(2)16-13-10-11-14-16/h16H,3-15H2,1-2H3. The van der Waals surface area contributed by atoms with Crippen LogP contribution in [0.1, 0.15) is 84.0 Å². The predicted molar refractivity (Wildman–Crippen MR) is 77.5 cm³/mol. The molecule has 0 bridgehead atoms. The molecule has 0 N–H and O–H groups in total. The Hall–Kier alpha value is -0.0400. The monoisotopic (exact) mass is 239 g/mol. The lowest BCUT2D eigenvalue weighted by Gasteiger charge is -2.23.